The highest BCUT2D eigenvalue weighted by molar-refractivity contribution is 7.89. The topological polar surface area (TPSA) is 66.6 Å². The average molecular weight is 301 g/mol. The van der Waals surface area contributed by atoms with Crippen LogP contribution in [0.2, 0.25) is 0 Å². The monoisotopic (exact) mass is 301 g/mol. The summed E-state index contributed by atoms with van der Waals surface area (Å²) < 4.78 is 39.4. The molecule has 0 spiro atoms. The second-order valence-electron chi connectivity index (χ2n) is 5.28. The van der Waals surface area contributed by atoms with Gasteiger partial charge in [0.25, 0.3) is 0 Å². The number of likely N-dealkylation sites (tertiary alicyclic amines) is 1. The van der Waals surface area contributed by atoms with Gasteiger partial charge in [-0.3, -0.25) is 0 Å². The van der Waals surface area contributed by atoms with Crippen molar-refractivity contribution in [2.45, 2.75) is 23.8 Å². The molecule has 112 valence electrons. The molecule has 1 fully saturated rings. The van der Waals surface area contributed by atoms with Crippen LogP contribution in [0.3, 0.4) is 0 Å². The number of nitrogen functional groups attached to an aromatic ring is 1. The van der Waals surface area contributed by atoms with E-state index in [1.54, 1.807) is 0 Å². The molecule has 0 bridgehead atoms. The zero-order valence-corrected chi connectivity index (χ0v) is 12.5. The molecule has 1 atom stereocenters. The number of anilines is 1. The molecule has 1 unspecified atom stereocenters. The SMILES string of the molecule is CN1CCCC1CN(C)S(=O)(=O)c1cc(N)cc(F)c1. The van der Waals surface area contributed by atoms with Gasteiger partial charge in [-0.25, -0.2) is 12.8 Å². The Morgan fingerprint density at radius 2 is 2.15 bits per heavy atom. The van der Waals surface area contributed by atoms with E-state index in [1.165, 1.54) is 17.4 Å². The summed E-state index contributed by atoms with van der Waals surface area (Å²) in [4.78, 5) is 2.05. The van der Waals surface area contributed by atoms with Crippen molar-refractivity contribution in [1.29, 1.82) is 0 Å². The van der Waals surface area contributed by atoms with Gasteiger partial charge in [0.15, 0.2) is 0 Å². The Morgan fingerprint density at radius 1 is 1.45 bits per heavy atom. The lowest BCUT2D eigenvalue weighted by Gasteiger charge is -2.25. The molecule has 0 radical (unpaired) electrons. The van der Waals surface area contributed by atoms with E-state index in [9.17, 15) is 12.8 Å². The minimum Gasteiger partial charge on any atom is -0.399 e. The van der Waals surface area contributed by atoms with E-state index < -0.39 is 15.8 Å². The van der Waals surface area contributed by atoms with E-state index in [4.69, 9.17) is 5.73 Å². The molecule has 1 aliphatic rings. The van der Waals surface area contributed by atoms with Crippen LogP contribution in [0.1, 0.15) is 12.8 Å². The summed E-state index contributed by atoms with van der Waals surface area (Å²) in [6.45, 7) is 1.38. The van der Waals surface area contributed by atoms with Crippen LogP contribution in [0.25, 0.3) is 0 Å². The fraction of sp³-hybridized carbons (Fsp3) is 0.538. The summed E-state index contributed by atoms with van der Waals surface area (Å²) in [6, 6.07) is 3.60. The molecule has 0 saturated carbocycles. The molecule has 5 nitrogen and oxygen atoms in total. The van der Waals surface area contributed by atoms with Gasteiger partial charge in [0.1, 0.15) is 5.82 Å². The van der Waals surface area contributed by atoms with Crippen molar-refractivity contribution in [3.8, 4) is 0 Å². The number of sulfonamides is 1. The van der Waals surface area contributed by atoms with Crippen LogP contribution in [-0.4, -0.2) is 50.8 Å². The minimum absolute atomic E-state index is 0.0989. The third-order valence-corrected chi connectivity index (χ3v) is 5.54. The average Bonchev–Trinajstić information content (AvgIpc) is 2.73. The van der Waals surface area contributed by atoms with E-state index in [2.05, 4.69) is 4.90 Å². The van der Waals surface area contributed by atoms with Gasteiger partial charge in [-0.1, -0.05) is 0 Å². The molecular weight excluding hydrogens is 281 g/mol. The minimum atomic E-state index is -3.71. The van der Waals surface area contributed by atoms with Gasteiger partial charge >= 0.3 is 0 Å². The predicted molar refractivity (Wildman–Crippen MR) is 76.3 cm³/mol. The molecule has 0 amide bonds. The first-order valence-corrected chi connectivity index (χ1v) is 7.97. The van der Waals surface area contributed by atoms with Crippen molar-refractivity contribution in [2.75, 3.05) is 32.9 Å². The van der Waals surface area contributed by atoms with Crippen molar-refractivity contribution in [2.24, 2.45) is 0 Å². The number of hydrogen-bond acceptors (Lipinski definition) is 4. The molecule has 0 aromatic heterocycles. The van der Waals surface area contributed by atoms with E-state index in [-0.39, 0.29) is 16.6 Å². The van der Waals surface area contributed by atoms with Crippen LogP contribution in [0, 0.1) is 5.82 Å². The smallest absolute Gasteiger partial charge is 0.243 e. The Labute approximate surface area is 119 Å². The van der Waals surface area contributed by atoms with Gasteiger partial charge in [-0.05, 0) is 44.6 Å². The zero-order valence-electron chi connectivity index (χ0n) is 11.7. The van der Waals surface area contributed by atoms with Crippen LogP contribution in [-0.2, 0) is 10.0 Å². The summed E-state index contributed by atoms with van der Waals surface area (Å²) in [6.07, 6.45) is 2.05. The van der Waals surface area contributed by atoms with Gasteiger partial charge in [-0.2, -0.15) is 4.31 Å². The molecule has 1 heterocycles. The Balaban J connectivity index is 2.20. The molecule has 1 aromatic rings. The quantitative estimate of drug-likeness (QED) is 0.846. The second kappa shape index (κ2) is 5.67. The number of hydrogen-bond donors (Lipinski definition) is 1. The van der Waals surface area contributed by atoms with Crippen molar-refractivity contribution >= 4 is 15.7 Å². The fourth-order valence-corrected chi connectivity index (χ4v) is 3.79. The maximum Gasteiger partial charge on any atom is 0.243 e. The zero-order chi connectivity index (χ0) is 14.9. The molecule has 0 aliphatic carbocycles. The number of benzene rings is 1. The molecule has 1 aromatic carbocycles. The third kappa shape index (κ3) is 3.11. The largest absolute Gasteiger partial charge is 0.399 e. The maximum atomic E-state index is 13.3. The molecular formula is C13H20FN3O2S. The second-order valence-corrected chi connectivity index (χ2v) is 7.33. The lowest BCUT2D eigenvalue weighted by Crippen LogP contribution is -2.39. The third-order valence-electron chi connectivity index (χ3n) is 3.74. The van der Waals surface area contributed by atoms with Gasteiger partial charge < -0.3 is 10.6 Å². The number of rotatable bonds is 4. The number of nitrogens with two attached hydrogens (primary N) is 1. The predicted octanol–water partition coefficient (Wildman–Crippen LogP) is 1.12. The highest BCUT2D eigenvalue weighted by Crippen LogP contribution is 2.22. The van der Waals surface area contributed by atoms with Gasteiger partial charge in [0, 0.05) is 25.3 Å². The van der Waals surface area contributed by atoms with Crippen molar-refractivity contribution in [3.05, 3.63) is 24.0 Å². The lowest BCUT2D eigenvalue weighted by molar-refractivity contribution is 0.271. The number of likely N-dealkylation sites (N-methyl/N-ethyl adjacent to an activating group) is 2. The normalized spacial score (nSPS) is 20.7. The van der Waals surface area contributed by atoms with E-state index in [1.807, 2.05) is 7.05 Å². The van der Waals surface area contributed by atoms with Crippen LogP contribution < -0.4 is 5.73 Å². The maximum absolute atomic E-state index is 13.3. The Morgan fingerprint density at radius 3 is 2.70 bits per heavy atom. The first-order chi connectivity index (χ1) is 9.30. The van der Waals surface area contributed by atoms with Crippen LogP contribution in [0.5, 0.6) is 0 Å². The summed E-state index contributed by atoms with van der Waals surface area (Å²) in [5.74, 6) is -0.644. The van der Waals surface area contributed by atoms with Gasteiger partial charge in [-0.15, -0.1) is 0 Å². The van der Waals surface area contributed by atoms with Crippen molar-refractivity contribution in [1.82, 2.24) is 9.21 Å². The van der Waals surface area contributed by atoms with Crippen molar-refractivity contribution in [3.63, 3.8) is 0 Å². The molecule has 2 N–H and O–H groups in total. The van der Waals surface area contributed by atoms with Crippen LogP contribution in [0.15, 0.2) is 23.1 Å². The van der Waals surface area contributed by atoms with Crippen LogP contribution >= 0.6 is 0 Å². The summed E-state index contributed by atoms with van der Waals surface area (Å²) in [5.41, 5.74) is 5.62. The molecule has 2 rings (SSSR count). The van der Waals surface area contributed by atoms with E-state index in [0.717, 1.165) is 31.5 Å². The van der Waals surface area contributed by atoms with E-state index in [0.29, 0.717) is 6.54 Å². The highest BCUT2D eigenvalue weighted by Gasteiger charge is 2.28. The van der Waals surface area contributed by atoms with Crippen LogP contribution in [0.4, 0.5) is 10.1 Å². The molecule has 1 saturated heterocycles. The Bertz CT molecular complexity index is 571. The number of nitrogens with zero attached hydrogens (tertiary/aromatic N) is 2. The van der Waals surface area contributed by atoms with Crippen molar-refractivity contribution < 1.29 is 12.8 Å². The first kappa shape index (κ1) is 15.2. The fourth-order valence-electron chi connectivity index (χ4n) is 2.52. The first-order valence-electron chi connectivity index (χ1n) is 6.53. The number of halogens is 1. The van der Waals surface area contributed by atoms with E-state index >= 15 is 0 Å². The summed E-state index contributed by atoms with van der Waals surface area (Å²) >= 11 is 0. The standard InChI is InChI=1S/C13H20FN3O2S/c1-16-5-3-4-12(16)9-17(2)20(18,19)13-7-10(14)6-11(15)8-13/h6-8,12H,3-5,9,15H2,1-2H3. The Kier molecular flexibility index (Phi) is 4.31. The van der Waals surface area contributed by atoms with Gasteiger partial charge in [0.05, 0.1) is 4.90 Å². The highest BCUT2D eigenvalue weighted by atomic mass is 32.2. The summed E-state index contributed by atoms with van der Waals surface area (Å²) in [7, 11) is -0.207. The molecule has 1 aliphatic heterocycles. The molecule has 20 heavy (non-hydrogen) atoms. The van der Waals surface area contributed by atoms with Gasteiger partial charge in [0.2, 0.25) is 10.0 Å². The summed E-state index contributed by atoms with van der Waals surface area (Å²) in [5, 5.41) is 0. The Hall–Kier alpha value is -1.18. The lowest BCUT2D eigenvalue weighted by atomic mass is 10.2. The molecule has 7 heteroatoms.